The number of aromatic nitrogens is 2. The Morgan fingerprint density at radius 1 is 1.64 bits per heavy atom. The van der Waals surface area contributed by atoms with Crippen molar-refractivity contribution in [3.63, 3.8) is 0 Å². The predicted octanol–water partition coefficient (Wildman–Crippen LogP) is 1.19. The van der Waals surface area contributed by atoms with Crippen molar-refractivity contribution in [2.24, 2.45) is 0 Å². The van der Waals surface area contributed by atoms with Crippen molar-refractivity contribution in [1.82, 2.24) is 9.78 Å². The number of hydrogen-bond acceptors (Lipinski definition) is 2. The van der Waals surface area contributed by atoms with Crippen LogP contribution in [0.1, 0.15) is 17.8 Å². The summed E-state index contributed by atoms with van der Waals surface area (Å²) in [5.74, 6) is 0. The monoisotopic (exact) mass is 149 g/mol. The van der Waals surface area contributed by atoms with E-state index >= 15 is 0 Å². The smallest absolute Gasteiger partial charge is 0.0839 e. The Labute approximate surface area is 65.5 Å². The molecule has 0 unspecified atom stereocenters. The summed E-state index contributed by atoms with van der Waals surface area (Å²) >= 11 is 0. The zero-order valence-corrected chi connectivity index (χ0v) is 6.54. The number of rotatable bonds is 0. The molecule has 3 heteroatoms. The Balaban J connectivity index is 2.61. The fourth-order valence-electron chi connectivity index (χ4n) is 1.35. The van der Waals surface area contributed by atoms with Crippen LogP contribution in [-0.2, 0) is 6.54 Å². The van der Waals surface area contributed by atoms with E-state index in [-0.39, 0.29) is 0 Å². The molecule has 2 heterocycles. The van der Waals surface area contributed by atoms with Gasteiger partial charge in [-0.3, -0.25) is 4.68 Å². The third-order valence-corrected chi connectivity index (χ3v) is 2.00. The molecule has 0 amide bonds. The van der Waals surface area contributed by atoms with Crippen LogP contribution >= 0.6 is 0 Å². The first-order chi connectivity index (χ1) is 5.29. The van der Waals surface area contributed by atoms with Crippen LogP contribution in [0, 0.1) is 6.92 Å². The molecule has 1 aromatic rings. The molecule has 0 aromatic carbocycles. The number of hydrogen-bond donors (Lipinski definition) is 1. The van der Waals surface area contributed by atoms with E-state index in [1.165, 1.54) is 0 Å². The summed E-state index contributed by atoms with van der Waals surface area (Å²) in [6, 6.07) is 0. The van der Waals surface area contributed by atoms with Crippen LogP contribution < -0.4 is 5.73 Å². The molecule has 0 aliphatic carbocycles. The third-order valence-electron chi connectivity index (χ3n) is 2.00. The van der Waals surface area contributed by atoms with Gasteiger partial charge in [0.1, 0.15) is 0 Å². The fraction of sp³-hybridized carbons (Fsp3) is 0.375. The summed E-state index contributed by atoms with van der Waals surface area (Å²) < 4.78 is 1.96. The number of nitrogen functional groups attached to an aromatic ring is 1. The summed E-state index contributed by atoms with van der Waals surface area (Å²) in [4.78, 5) is 0. The van der Waals surface area contributed by atoms with Gasteiger partial charge in [0.15, 0.2) is 0 Å². The lowest BCUT2D eigenvalue weighted by Crippen LogP contribution is -2.05. The van der Waals surface area contributed by atoms with Crippen molar-refractivity contribution in [2.75, 3.05) is 5.73 Å². The number of allylic oxidation sites excluding steroid dienone is 1. The van der Waals surface area contributed by atoms with Crippen LogP contribution in [0.4, 0.5) is 5.69 Å². The van der Waals surface area contributed by atoms with Crippen molar-refractivity contribution >= 4 is 11.8 Å². The zero-order chi connectivity index (χ0) is 7.84. The lowest BCUT2D eigenvalue weighted by molar-refractivity contribution is 0.605. The number of aryl methyl sites for hydroxylation is 2. The maximum Gasteiger partial charge on any atom is 0.0839 e. The minimum Gasteiger partial charge on any atom is -0.395 e. The van der Waals surface area contributed by atoms with E-state index < -0.39 is 0 Å². The molecule has 0 atom stereocenters. The highest BCUT2D eigenvalue weighted by Crippen LogP contribution is 2.21. The largest absolute Gasteiger partial charge is 0.395 e. The molecule has 1 aliphatic heterocycles. The van der Waals surface area contributed by atoms with Crippen molar-refractivity contribution in [3.8, 4) is 0 Å². The molecule has 0 saturated carbocycles. The third kappa shape index (κ3) is 0.843. The molecule has 11 heavy (non-hydrogen) atoms. The van der Waals surface area contributed by atoms with Crippen LogP contribution in [0.25, 0.3) is 6.08 Å². The first kappa shape index (κ1) is 6.46. The van der Waals surface area contributed by atoms with Gasteiger partial charge in [0.25, 0.3) is 0 Å². The minimum absolute atomic E-state index is 0.820. The average Bonchev–Trinajstić information content (AvgIpc) is 2.30. The van der Waals surface area contributed by atoms with Crippen molar-refractivity contribution in [1.29, 1.82) is 0 Å². The van der Waals surface area contributed by atoms with Crippen LogP contribution in [0.2, 0.25) is 0 Å². The van der Waals surface area contributed by atoms with Crippen LogP contribution in [0.5, 0.6) is 0 Å². The maximum absolute atomic E-state index is 5.79. The first-order valence-corrected chi connectivity index (χ1v) is 3.78. The van der Waals surface area contributed by atoms with Crippen molar-refractivity contribution < 1.29 is 0 Å². The quantitative estimate of drug-likeness (QED) is 0.602. The lowest BCUT2D eigenvalue weighted by atomic mass is 10.2. The van der Waals surface area contributed by atoms with Gasteiger partial charge in [-0.05, 0) is 19.4 Å². The second-order valence-corrected chi connectivity index (χ2v) is 2.80. The Kier molecular flexibility index (Phi) is 1.24. The second kappa shape index (κ2) is 2.12. The van der Waals surface area contributed by atoms with Gasteiger partial charge in [0, 0.05) is 6.54 Å². The molecule has 0 bridgehead atoms. The first-order valence-electron chi connectivity index (χ1n) is 3.78. The molecule has 2 rings (SSSR count). The number of anilines is 1. The normalized spacial score (nSPS) is 15.0. The summed E-state index contributed by atoms with van der Waals surface area (Å²) in [6.45, 7) is 2.90. The Morgan fingerprint density at radius 3 is 3.18 bits per heavy atom. The number of fused-ring (bicyclic) bond motifs is 1. The van der Waals surface area contributed by atoms with E-state index in [4.69, 9.17) is 5.73 Å². The summed E-state index contributed by atoms with van der Waals surface area (Å²) in [7, 11) is 0. The van der Waals surface area contributed by atoms with E-state index in [0.717, 1.165) is 30.0 Å². The topological polar surface area (TPSA) is 43.8 Å². The molecule has 3 nitrogen and oxygen atoms in total. The lowest BCUT2D eigenvalue weighted by Gasteiger charge is -2.06. The fourth-order valence-corrected chi connectivity index (χ4v) is 1.35. The summed E-state index contributed by atoms with van der Waals surface area (Å²) in [6.07, 6.45) is 5.24. The number of nitrogens with zero attached hydrogens (tertiary/aromatic N) is 2. The van der Waals surface area contributed by atoms with Gasteiger partial charge in [0.05, 0.1) is 17.1 Å². The standard InChI is InChI=1S/C8H11N3/c1-6-8(9)7-4-2-3-5-11(7)10-6/h2,4H,3,5,9H2,1H3. The SMILES string of the molecule is Cc1nn2c(c1N)C=CCC2. The van der Waals surface area contributed by atoms with E-state index in [1.54, 1.807) is 0 Å². The van der Waals surface area contributed by atoms with Gasteiger partial charge in [0.2, 0.25) is 0 Å². The van der Waals surface area contributed by atoms with Gasteiger partial charge in [-0.25, -0.2) is 0 Å². The van der Waals surface area contributed by atoms with Gasteiger partial charge in [-0.15, -0.1) is 0 Å². The molecule has 58 valence electrons. The van der Waals surface area contributed by atoms with E-state index in [0.29, 0.717) is 0 Å². The van der Waals surface area contributed by atoms with E-state index in [2.05, 4.69) is 11.2 Å². The molecule has 2 N–H and O–H groups in total. The highest BCUT2D eigenvalue weighted by molar-refractivity contribution is 5.64. The van der Waals surface area contributed by atoms with Crippen molar-refractivity contribution in [2.45, 2.75) is 19.9 Å². The van der Waals surface area contributed by atoms with E-state index in [9.17, 15) is 0 Å². The van der Waals surface area contributed by atoms with Crippen LogP contribution in [0.15, 0.2) is 6.08 Å². The Bertz CT molecular complexity index is 309. The highest BCUT2D eigenvalue weighted by Gasteiger charge is 2.10. The van der Waals surface area contributed by atoms with Crippen molar-refractivity contribution in [3.05, 3.63) is 17.5 Å². The molecule has 0 saturated heterocycles. The highest BCUT2D eigenvalue weighted by atomic mass is 15.3. The van der Waals surface area contributed by atoms with E-state index in [1.807, 2.05) is 17.7 Å². The Hall–Kier alpha value is -1.25. The Morgan fingerprint density at radius 2 is 2.45 bits per heavy atom. The van der Waals surface area contributed by atoms with Crippen LogP contribution in [-0.4, -0.2) is 9.78 Å². The molecular weight excluding hydrogens is 138 g/mol. The predicted molar refractivity (Wildman–Crippen MR) is 45.0 cm³/mol. The average molecular weight is 149 g/mol. The van der Waals surface area contributed by atoms with Gasteiger partial charge in [-0.1, -0.05) is 6.08 Å². The summed E-state index contributed by atoms with van der Waals surface area (Å²) in [5, 5.41) is 4.29. The van der Waals surface area contributed by atoms with Gasteiger partial charge < -0.3 is 5.73 Å². The molecule has 0 radical (unpaired) electrons. The summed E-state index contributed by atoms with van der Waals surface area (Å²) in [5.41, 5.74) is 8.61. The second-order valence-electron chi connectivity index (χ2n) is 2.80. The minimum atomic E-state index is 0.820. The maximum atomic E-state index is 5.79. The number of nitrogens with two attached hydrogens (primary N) is 1. The molecule has 0 fully saturated rings. The van der Waals surface area contributed by atoms with Crippen LogP contribution in [0.3, 0.4) is 0 Å². The molecule has 1 aromatic heterocycles. The zero-order valence-electron chi connectivity index (χ0n) is 6.54. The molecule has 0 spiro atoms. The molecular formula is C8H11N3. The van der Waals surface area contributed by atoms with Gasteiger partial charge in [-0.2, -0.15) is 5.10 Å². The van der Waals surface area contributed by atoms with Gasteiger partial charge >= 0.3 is 0 Å². The molecule has 1 aliphatic rings.